The van der Waals surface area contributed by atoms with Crippen molar-refractivity contribution in [1.29, 1.82) is 0 Å². The van der Waals surface area contributed by atoms with Gasteiger partial charge >= 0.3 is 0 Å². The van der Waals surface area contributed by atoms with Crippen molar-refractivity contribution in [3.63, 3.8) is 0 Å². The SMILES string of the molecule is CCOc1ccccc1C(=O)C(N)=O. The van der Waals surface area contributed by atoms with Gasteiger partial charge in [0, 0.05) is 0 Å². The summed E-state index contributed by atoms with van der Waals surface area (Å²) < 4.78 is 5.18. The fraction of sp³-hybridized carbons (Fsp3) is 0.200. The van der Waals surface area contributed by atoms with Crippen molar-refractivity contribution < 1.29 is 14.3 Å². The standard InChI is InChI=1S/C10H11NO3/c1-2-14-8-6-4-3-5-7(8)9(12)10(11)13/h3-6H,2H2,1H3,(H2,11,13). The summed E-state index contributed by atoms with van der Waals surface area (Å²) in [6, 6.07) is 6.51. The topological polar surface area (TPSA) is 69.4 Å². The second-order valence-corrected chi connectivity index (χ2v) is 2.62. The molecule has 4 nitrogen and oxygen atoms in total. The molecule has 0 saturated heterocycles. The predicted molar refractivity (Wildman–Crippen MR) is 51.1 cm³/mol. The number of amides is 1. The highest BCUT2D eigenvalue weighted by Gasteiger charge is 2.16. The van der Waals surface area contributed by atoms with Crippen molar-refractivity contribution in [2.45, 2.75) is 6.92 Å². The molecule has 0 fully saturated rings. The van der Waals surface area contributed by atoms with Crippen LogP contribution in [-0.2, 0) is 4.79 Å². The Morgan fingerprint density at radius 3 is 2.57 bits per heavy atom. The van der Waals surface area contributed by atoms with E-state index >= 15 is 0 Å². The van der Waals surface area contributed by atoms with E-state index in [1.54, 1.807) is 25.1 Å². The first kappa shape index (κ1) is 10.2. The van der Waals surface area contributed by atoms with Crippen molar-refractivity contribution in [1.82, 2.24) is 0 Å². The maximum absolute atomic E-state index is 11.3. The molecule has 4 heteroatoms. The first-order chi connectivity index (χ1) is 6.66. The number of rotatable bonds is 4. The van der Waals surface area contributed by atoms with Crippen molar-refractivity contribution >= 4 is 11.7 Å². The van der Waals surface area contributed by atoms with Gasteiger partial charge in [0.15, 0.2) is 0 Å². The van der Waals surface area contributed by atoms with Crippen LogP contribution in [0.5, 0.6) is 5.75 Å². The lowest BCUT2D eigenvalue weighted by molar-refractivity contribution is -0.114. The summed E-state index contributed by atoms with van der Waals surface area (Å²) in [6.45, 7) is 2.23. The first-order valence-electron chi connectivity index (χ1n) is 4.22. The molecule has 74 valence electrons. The van der Waals surface area contributed by atoms with E-state index in [-0.39, 0.29) is 5.56 Å². The van der Waals surface area contributed by atoms with Crippen molar-refractivity contribution in [3.8, 4) is 5.75 Å². The van der Waals surface area contributed by atoms with Gasteiger partial charge in [-0.25, -0.2) is 0 Å². The smallest absolute Gasteiger partial charge is 0.289 e. The van der Waals surface area contributed by atoms with Gasteiger partial charge in [-0.2, -0.15) is 0 Å². The number of carbonyl (C=O) groups is 2. The number of benzene rings is 1. The summed E-state index contributed by atoms with van der Waals surface area (Å²) in [5, 5.41) is 0. The average Bonchev–Trinajstić information content (AvgIpc) is 2.18. The number of hydrogen-bond donors (Lipinski definition) is 1. The largest absolute Gasteiger partial charge is 0.493 e. The second kappa shape index (κ2) is 4.41. The number of carbonyl (C=O) groups excluding carboxylic acids is 2. The molecule has 0 aromatic heterocycles. The minimum Gasteiger partial charge on any atom is -0.493 e. The van der Waals surface area contributed by atoms with Crippen molar-refractivity contribution in [2.75, 3.05) is 6.61 Å². The Kier molecular flexibility index (Phi) is 3.23. The van der Waals surface area contributed by atoms with Gasteiger partial charge in [0.1, 0.15) is 5.75 Å². The third-order valence-corrected chi connectivity index (χ3v) is 1.66. The molecule has 0 unspecified atom stereocenters. The van der Waals surface area contributed by atoms with Gasteiger partial charge in [0.05, 0.1) is 12.2 Å². The summed E-state index contributed by atoms with van der Waals surface area (Å²) >= 11 is 0. The van der Waals surface area contributed by atoms with Crippen LogP contribution in [0.25, 0.3) is 0 Å². The molecule has 0 bridgehead atoms. The fourth-order valence-electron chi connectivity index (χ4n) is 1.07. The molecule has 0 heterocycles. The van der Waals surface area contributed by atoms with E-state index < -0.39 is 11.7 Å². The van der Waals surface area contributed by atoms with Crippen LogP contribution in [0.3, 0.4) is 0 Å². The number of ether oxygens (including phenoxy) is 1. The molecule has 1 rings (SSSR count). The van der Waals surface area contributed by atoms with E-state index in [2.05, 4.69) is 0 Å². The number of primary amides is 1. The molecule has 0 atom stereocenters. The molecule has 0 aliphatic rings. The molecular formula is C10H11NO3. The Morgan fingerprint density at radius 1 is 1.36 bits per heavy atom. The van der Waals surface area contributed by atoms with E-state index in [9.17, 15) is 9.59 Å². The molecule has 1 amide bonds. The zero-order valence-electron chi connectivity index (χ0n) is 7.82. The lowest BCUT2D eigenvalue weighted by Gasteiger charge is -2.06. The van der Waals surface area contributed by atoms with Crippen LogP contribution in [0, 0.1) is 0 Å². The Morgan fingerprint density at radius 2 is 2.00 bits per heavy atom. The molecule has 0 radical (unpaired) electrons. The third kappa shape index (κ3) is 2.10. The lowest BCUT2D eigenvalue weighted by atomic mass is 10.1. The number of Topliss-reactive ketones (excluding diaryl/α,β-unsaturated/α-hetero) is 1. The number of nitrogens with two attached hydrogens (primary N) is 1. The maximum atomic E-state index is 11.3. The monoisotopic (exact) mass is 193 g/mol. The summed E-state index contributed by atoms with van der Waals surface area (Å²) in [6.07, 6.45) is 0. The van der Waals surface area contributed by atoms with Gasteiger partial charge in [-0.05, 0) is 19.1 Å². The predicted octanol–water partition coefficient (Wildman–Crippen LogP) is 0.753. The third-order valence-electron chi connectivity index (χ3n) is 1.66. The van der Waals surface area contributed by atoms with E-state index in [1.807, 2.05) is 0 Å². The second-order valence-electron chi connectivity index (χ2n) is 2.62. The van der Waals surface area contributed by atoms with Gasteiger partial charge in [0.2, 0.25) is 0 Å². The van der Waals surface area contributed by atoms with E-state index in [0.29, 0.717) is 12.4 Å². The van der Waals surface area contributed by atoms with Gasteiger partial charge in [-0.1, -0.05) is 12.1 Å². The van der Waals surface area contributed by atoms with Crippen LogP contribution < -0.4 is 10.5 Å². The van der Waals surface area contributed by atoms with Gasteiger partial charge < -0.3 is 10.5 Å². The molecule has 0 saturated carbocycles. The molecule has 0 aliphatic carbocycles. The molecular weight excluding hydrogens is 182 g/mol. The molecule has 0 aliphatic heterocycles. The Bertz CT molecular complexity index is 360. The van der Waals surface area contributed by atoms with Crippen LogP contribution in [0.15, 0.2) is 24.3 Å². The van der Waals surface area contributed by atoms with Gasteiger partial charge in [-0.3, -0.25) is 9.59 Å². The minimum atomic E-state index is -0.975. The Hall–Kier alpha value is -1.84. The number of ketones is 1. The average molecular weight is 193 g/mol. The van der Waals surface area contributed by atoms with E-state index in [4.69, 9.17) is 10.5 Å². The van der Waals surface area contributed by atoms with Crippen LogP contribution in [0.4, 0.5) is 0 Å². The molecule has 14 heavy (non-hydrogen) atoms. The maximum Gasteiger partial charge on any atom is 0.289 e. The van der Waals surface area contributed by atoms with Gasteiger partial charge in [-0.15, -0.1) is 0 Å². The van der Waals surface area contributed by atoms with Gasteiger partial charge in [0.25, 0.3) is 11.7 Å². The highest BCUT2D eigenvalue weighted by molar-refractivity contribution is 6.42. The zero-order chi connectivity index (χ0) is 10.6. The summed E-state index contributed by atoms with van der Waals surface area (Å²) in [7, 11) is 0. The summed E-state index contributed by atoms with van der Waals surface area (Å²) in [4.78, 5) is 22.0. The molecule has 2 N–H and O–H groups in total. The Balaban J connectivity index is 3.06. The van der Waals surface area contributed by atoms with Crippen LogP contribution >= 0.6 is 0 Å². The van der Waals surface area contributed by atoms with Crippen LogP contribution in [0.1, 0.15) is 17.3 Å². The fourth-order valence-corrected chi connectivity index (χ4v) is 1.07. The van der Waals surface area contributed by atoms with Crippen molar-refractivity contribution in [3.05, 3.63) is 29.8 Å². The highest BCUT2D eigenvalue weighted by Crippen LogP contribution is 2.18. The lowest BCUT2D eigenvalue weighted by Crippen LogP contribution is -2.23. The number of hydrogen-bond acceptors (Lipinski definition) is 3. The van der Waals surface area contributed by atoms with Crippen molar-refractivity contribution in [2.24, 2.45) is 5.73 Å². The highest BCUT2D eigenvalue weighted by atomic mass is 16.5. The summed E-state index contributed by atoms with van der Waals surface area (Å²) in [5.41, 5.74) is 5.10. The number of para-hydroxylation sites is 1. The molecule has 1 aromatic rings. The molecule has 0 spiro atoms. The normalized spacial score (nSPS) is 9.50. The van der Waals surface area contributed by atoms with E-state index in [0.717, 1.165) is 0 Å². The van der Waals surface area contributed by atoms with Crippen LogP contribution in [-0.4, -0.2) is 18.3 Å². The summed E-state index contributed by atoms with van der Waals surface area (Å²) in [5.74, 6) is -1.31. The molecule has 1 aromatic carbocycles. The quantitative estimate of drug-likeness (QED) is 0.566. The van der Waals surface area contributed by atoms with Crippen LogP contribution in [0.2, 0.25) is 0 Å². The first-order valence-corrected chi connectivity index (χ1v) is 4.22. The minimum absolute atomic E-state index is 0.210. The zero-order valence-corrected chi connectivity index (χ0v) is 7.82. The Labute approximate surface area is 81.7 Å². The van der Waals surface area contributed by atoms with E-state index in [1.165, 1.54) is 6.07 Å².